The Labute approximate surface area is 191 Å². The number of hydrogen-bond donors (Lipinski definition) is 1. The van der Waals surface area contributed by atoms with E-state index in [-0.39, 0.29) is 5.56 Å². The van der Waals surface area contributed by atoms with E-state index in [2.05, 4.69) is 14.7 Å². The van der Waals surface area contributed by atoms with Crippen molar-refractivity contribution >= 4 is 11.4 Å². The predicted molar refractivity (Wildman–Crippen MR) is 122 cm³/mol. The van der Waals surface area contributed by atoms with E-state index in [1.54, 1.807) is 26.1 Å². The van der Waals surface area contributed by atoms with Crippen molar-refractivity contribution in [3.8, 4) is 11.1 Å². The molecule has 176 valence electrons. The molecule has 0 bridgehead atoms. The number of alkyl halides is 2. The van der Waals surface area contributed by atoms with Crippen LogP contribution in [-0.4, -0.2) is 52.3 Å². The van der Waals surface area contributed by atoms with E-state index in [0.29, 0.717) is 11.5 Å². The summed E-state index contributed by atoms with van der Waals surface area (Å²) in [4.78, 5) is 18.9. The Morgan fingerprint density at radius 2 is 1.94 bits per heavy atom. The van der Waals surface area contributed by atoms with Crippen molar-refractivity contribution in [2.45, 2.75) is 52.0 Å². The summed E-state index contributed by atoms with van der Waals surface area (Å²) in [6, 6.07) is 5.60. The maximum atomic E-state index is 14.3. The Morgan fingerprint density at radius 3 is 2.61 bits per heavy atom. The van der Waals surface area contributed by atoms with E-state index < -0.39 is 30.7 Å². The minimum absolute atomic E-state index is 0.0780. The van der Waals surface area contributed by atoms with Gasteiger partial charge >= 0.3 is 0 Å². The molecule has 1 aliphatic heterocycles. The minimum atomic E-state index is -2.68. The van der Waals surface area contributed by atoms with Gasteiger partial charge in [0.15, 0.2) is 0 Å². The molecule has 0 aliphatic carbocycles. The highest BCUT2D eigenvalue weighted by Gasteiger charge is 2.27. The third-order valence-electron chi connectivity index (χ3n) is 6.29. The Morgan fingerprint density at radius 1 is 1.21 bits per heavy atom. The van der Waals surface area contributed by atoms with Crippen LogP contribution in [0.5, 0.6) is 0 Å². The summed E-state index contributed by atoms with van der Waals surface area (Å²) in [5.74, 6) is -0.860. The smallest absolute Gasteiger partial charge is 0.255 e. The van der Waals surface area contributed by atoms with Gasteiger partial charge in [-0.15, -0.1) is 0 Å². The van der Waals surface area contributed by atoms with Crippen molar-refractivity contribution < 1.29 is 18.0 Å². The quantitative estimate of drug-likeness (QED) is 0.564. The zero-order valence-electron chi connectivity index (χ0n) is 19.1. The highest BCUT2D eigenvalue weighted by molar-refractivity contribution is 6.03. The molecule has 2 aromatic heterocycles. The van der Waals surface area contributed by atoms with Crippen molar-refractivity contribution in [3.05, 3.63) is 59.4 Å². The Balaban J connectivity index is 1.88. The second kappa shape index (κ2) is 9.55. The molecule has 1 saturated heterocycles. The lowest BCUT2D eigenvalue weighted by molar-refractivity contribution is 0.0476. The van der Waals surface area contributed by atoms with Crippen LogP contribution in [0.1, 0.15) is 54.4 Å². The normalized spacial score (nSPS) is 15.0. The lowest BCUT2D eigenvalue weighted by atomic mass is 9.93. The van der Waals surface area contributed by atoms with Crippen LogP contribution < -0.4 is 5.32 Å². The second-order valence-electron chi connectivity index (χ2n) is 8.92. The summed E-state index contributed by atoms with van der Waals surface area (Å²) in [5, 5.41) is 3.38. The predicted octanol–water partition coefficient (Wildman–Crippen LogP) is 5.03. The number of fused-ring (bicyclic) bond motifs is 1. The van der Waals surface area contributed by atoms with Crippen LogP contribution in [0.3, 0.4) is 0 Å². The van der Waals surface area contributed by atoms with E-state index in [1.165, 1.54) is 6.07 Å². The number of nitrogens with one attached hydrogen (secondary N) is 1. The monoisotopic (exact) mass is 458 g/mol. The molecule has 0 saturated carbocycles. The van der Waals surface area contributed by atoms with Crippen LogP contribution in [0.25, 0.3) is 16.6 Å². The van der Waals surface area contributed by atoms with E-state index in [1.807, 2.05) is 19.2 Å². The van der Waals surface area contributed by atoms with E-state index in [0.717, 1.165) is 59.4 Å². The number of amides is 1. The third-order valence-corrected chi connectivity index (χ3v) is 6.29. The maximum Gasteiger partial charge on any atom is 0.255 e. The molecule has 1 aromatic carbocycles. The fourth-order valence-electron chi connectivity index (χ4n) is 4.63. The van der Waals surface area contributed by atoms with Crippen LogP contribution in [0, 0.1) is 12.7 Å². The number of benzene rings is 1. The molecule has 8 heteroatoms. The summed E-state index contributed by atoms with van der Waals surface area (Å²) >= 11 is 0. The first-order valence-corrected chi connectivity index (χ1v) is 11.3. The molecule has 1 aliphatic rings. The molecule has 0 spiro atoms. The fourth-order valence-corrected chi connectivity index (χ4v) is 4.63. The standard InChI is InChI=1S/C25H29F3N4O/c1-15(2)31(14-24(27)28)25(33)21-10-18(26)4-5-19(21)20-11-22(17-6-8-29-9-7-17)32-13-16(3)30-12-23(20)32/h4-5,10-13,15,17,24,29H,6-9,14H2,1-3H3. The zero-order valence-corrected chi connectivity index (χ0v) is 19.1. The molecule has 0 radical (unpaired) electrons. The fraction of sp³-hybridized carbons (Fsp3) is 0.440. The van der Waals surface area contributed by atoms with Gasteiger partial charge in [0, 0.05) is 29.4 Å². The molecule has 0 atom stereocenters. The molecular weight excluding hydrogens is 429 g/mol. The van der Waals surface area contributed by atoms with E-state index >= 15 is 0 Å². The maximum absolute atomic E-state index is 14.3. The Bertz CT molecular complexity index is 1150. The van der Waals surface area contributed by atoms with Crippen LogP contribution in [-0.2, 0) is 0 Å². The second-order valence-corrected chi connectivity index (χ2v) is 8.92. The topological polar surface area (TPSA) is 49.6 Å². The van der Waals surface area contributed by atoms with Crippen molar-refractivity contribution in [3.63, 3.8) is 0 Å². The van der Waals surface area contributed by atoms with Crippen LogP contribution >= 0.6 is 0 Å². The SMILES string of the molecule is Cc1cn2c(C3CCNCC3)cc(-c3ccc(F)cc3C(=O)N(CC(F)F)C(C)C)c2cn1. The van der Waals surface area contributed by atoms with Gasteiger partial charge in [0.1, 0.15) is 5.82 Å². The number of piperidine rings is 1. The molecule has 3 aromatic rings. The molecule has 1 fully saturated rings. The number of carbonyl (C=O) groups excluding carboxylic acids is 1. The van der Waals surface area contributed by atoms with Crippen LogP contribution in [0.4, 0.5) is 13.2 Å². The number of hydrogen-bond acceptors (Lipinski definition) is 3. The average molecular weight is 459 g/mol. The van der Waals surface area contributed by atoms with Crippen molar-refractivity contribution in [2.75, 3.05) is 19.6 Å². The number of rotatable bonds is 6. The third kappa shape index (κ3) is 4.76. The molecule has 1 amide bonds. The minimum Gasteiger partial charge on any atom is -0.330 e. The van der Waals surface area contributed by atoms with Crippen LogP contribution in [0.15, 0.2) is 36.7 Å². The van der Waals surface area contributed by atoms with E-state index in [4.69, 9.17) is 0 Å². The van der Waals surface area contributed by atoms with Gasteiger partial charge in [-0.05, 0) is 70.5 Å². The number of carbonyl (C=O) groups is 1. The molecule has 0 unspecified atom stereocenters. The first kappa shape index (κ1) is 23.3. The van der Waals surface area contributed by atoms with Crippen LogP contribution in [0.2, 0.25) is 0 Å². The largest absolute Gasteiger partial charge is 0.330 e. The van der Waals surface area contributed by atoms with Gasteiger partial charge < -0.3 is 14.6 Å². The first-order valence-electron chi connectivity index (χ1n) is 11.3. The number of nitrogens with zero attached hydrogens (tertiary/aromatic N) is 3. The molecule has 33 heavy (non-hydrogen) atoms. The average Bonchev–Trinajstić information content (AvgIpc) is 3.15. The Hall–Kier alpha value is -2.87. The van der Waals surface area contributed by atoms with Gasteiger partial charge in [-0.1, -0.05) is 6.07 Å². The highest BCUT2D eigenvalue weighted by atomic mass is 19.3. The summed E-state index contributed by atoms with van der Waals surface area (Å²) in [5.41, 5.74) is 4.12. The van der Waals surface area contributed by atoms with Gasteiger partial charge in [-0.3, -0.25) is 9.78 Å². The molecule has 5 nitrogen and oxygen atoms in total. The summed E-state index contributed by atoms with van der Waals surface area (Å²) in [6.45, 7) is 6.42. The summed E-state index contributed by atoms with van der Waals surface area (Å²) in [6.07, 6.45) is 3.02. The molecule has 4 rings (SSSR count). The number of halogens is 3. The van der Waals surface area contributed by atoms with Crippen molar-refractivity contribution in [2.24, 2.45) is 0 Å². The van der Waals surface area contributed by atoms with E-state index in [9.17, 15) is 18.0 Å². The summed E-state index contributed by atoms with van der Waals surface area (Å²) in [7, 11) is 0. The number of aryl methyl sites for hydroxylation is 1. The van der Waals surface area contributed by atoms with Crippen molar-refractivity contribution in [1.29, 1.82) is 0 Å². The zero-order chi connectivity index (χ0) is 23.7. The van der Waals surface area contributed by atoms with Gasteiger partial charge in [0.25, 0.3) is 12.3 Å². The Kier molecular flexibility index (Phi) is 6.74. The van der Waals surface area contributed by atoms with Gasteiger partial charge in [0.05, 0.1) is 29.5 Å². The lowest BCUT2D eigenvalue weighted by Gasteiger charge is -2.27. The molecule has 3 heterocycles. The van der Waals surface area contributed by atoms with Gasteiger partial charge in [-0.2, -0.15) is 0 Å². The van der Waals surface area contributed by atoms with Gasteiger partial charge in [0.2, 0.25) is 0 Å². The van der Waals surface area contributed by atoms with Crippen molar-refractivity contribution in [1.82, 2.24) is 19.6 Å². The molecule has 1 N–H and O–H groups in total. The number of aromatic nitrogens is 2. The van der Waals surface area contributed by atoms with Gasteiger partial charge in [-0.25, -0.2) is 13.2 Å². The molecular formula is C25H29F3N4O. The summed E-state index contributed by atoms with van der Waals surface area (Å²) < 4.78 is 42.8. The first-order chi connectivity index (χ1) is 15.8. The lowest BCUT2D eigenvalue weighted by Crippen LogP contribution is -2.40. The highest BCUT2D eigenvalue weighted by Crippen LogP contribution is 2.36.